The number of rotatable bonds is 6. The molecule has 2 amide bonds. The van der Waals surface area contributed by atoms with Gasteiger partial charge in [0.2, 0.25) is 0 Å². The third-order valence-electron chi connectivity index (χ3n) is 4.85. The lowest BCUT2D eigenvalue weighted by atomic mass is 10.2. The second-order valence-corrected chi connectivity index (χ2v) is 10.7. The van der Waals surface area contributed by atoms with Crippen molar-refractivity contribution in [1.29, 1.82) is 0 Å². The second kappa shape index (κ2) is 10.9. The van der Waals surface area contributed by atoms with Crippen molar-refractivity contribution in [2.75, 3.05) is 0 Å². The van der Waals surface area contributed by atoms with Crippen molar-refractivity contribution in [3.05, 3.63) is 101 Å². The van der Waals surface area contributed by atoms with Crippen LogP contribution in [0.3, 0.4) is 0 Å². The Morgan fingerprint density at radius 3 is 2.38 bits per heavy atom. The standard InChI is InChI=1S/C24H14BrCl4NO3S/c25-16-7-14(9-20(29)22(16)33-12-15-3-1-2-4-17(15)26)10-21-23(31)30(24(32)34-21)11-13-5-6-18(27)19(28)8-13/h1-10H,11-12H2/b21-10-. The van der Waals surface area contributed by atoms with Crippen molar-refractivity contribution in [2.45, 2.75) is 13.2 Å². The molecule has 174 valence electrons. The highest BCUT2D eigenvalue weighted by Gasteiger charge is 2.35. The Hall–Kier alpha value is -1.67. The lowest BCUT2D eigenvalue weighted by Crippen LogP contribution is -2.27. The van der Waals surface area contributed by atoms with Gasteiger partial charge >= 0.3 is 0 Å². The minimum Gasteiger partial charge on any atom is -0.486 e. The van der Waals surface area contributed by atoms with Crippen LogP contribution in [0.1, 0.15) is 16.7 Å². The summed E-state index contributed by atoms with van der Waals surface area (Å²) in [5.74, 6) is 0.0545. The average molecular weight is 618 g/mol. The molecule has 0 atom stereocenters. The smallest absolute Gasteiger partial charge is 0.293 e. The molecule has 0 radical (unpaired) electrons. The Morgan fingerprint density at radius 1 is 0.912 bits per heavy atom. The number of carbonyl (C=O) groups excluding carboxylic acids is 2. The van der Waals surface area contributed by atoms with Crippen molar-refractivity contribution in [3.8, 4) is 5.75 Å². The Labute approximate surface area is 228 Å². The van der Waals surface area contributed by atoms with Crippen LogP contribution in [0.4, 0.5) is 4.79 Å². The van der Waals surface area contributed by atoms with Crippen molar-refractivity contribution >= 4 is 91.3 Å². The molecule has 0 bridgehead atoms. The van der Waals surface area contributed by atoms with Gasteiger partial charge < -0.3 is 4.74 Å². The van der Waals surface area contributed by atoms with E-state index < -0.39 is 5.91 Å². The number of hydrogen-bond donors (Lipinski definition) is 0. The summed E-state index contributed by atoms with van der Waals surface area (Å²) < 4.78 is 6.47. The van der Waals surface area contributed by atoms with E-state index in [0.29, 0.717) is 41.4 Å². The Bertz CT molecular complexity index is 1310. The van der Waals surface area contributed by atoms with Gasteiger partial charge in [-0.1, -0.05) is 70.7 Å². The molecule has 4 nitrogen and oxygen atoms in total. The molecular formula is C24H14BrCl4NO3S. The van der Waals surface area contributed by atoms with E-state index in [4.69, 9.17) is 51.1 Å². The van der Waals surface area contributed by atoms with Gasteiger partial charge in [-0.05, 0) is 75.2 Å². The first kappa shape index (κ1) is 25.4. The van der Waals surface area contributed by atoms with Gasteiger partial charge in [-0.25, -0.2) is 0 Å². The molecular weight excluding hydrogens is 604 g/mol. The molecule has 10 heteroatoms. The zero-order valence-electron chi connectivity index (χ0n) is 17.2. The molecule has 0 unspecified atom stereocenters. The molecule has 0 spiro atoms. The first-order chi connectivity index (χ1) is 16.2. The lowest BCUT2D eigenvalue weighted by molar-refractivity contribution is -0.123. The van der Waals surface area contributed by atoms with E-state index in [0.717, 1.165) is 22.2 Å². The number of imide groups is 1. The molecule has 1 fully saturated rings. The van der Waals surface area contributed by atoms with Crippen molar-refractivity contribution in [2.24, 2.45) is 0 Å². The highest BCUT2D eigenvalue weighted by Crippen LogP contribution is 2.38. The van der Waals surface area contributed by atoms with Crippen LogP contribution in [0.5, 0.6) is 5.75 Å². The quantitative estimate of drug-likeness (QED) is 0.259. The number of nitrogens with zero attached hydrogens (tertiary/aromatic N) is 1. The molecule has 1 aliphatic rings. The monoisotopic (exact) mass is 615 g/mol. The minimum atomic E-state index is -0.396. The van der Waals surface area contributed by atoms with Crippen LogP contribution in [-0.2, 0) is 17.9 Å². The van der Waals surface area contributed by atoms with Gasteiger partial charge in [0.15, 0.2) is 5.75 Å². The van der Waals surface area contributed by atoms with Gasteiger partial charge in [-0.15, -0.1) is 0 Å². The fraction of sp³-hybridized carbons (Fsp3) is 0.0833. The number of ether oxygens (including phenoxy) is 1. The molecule has 3 aromatic rings. The third-order valence-corrected chi connectivity index (χ3v) is 7.73. The van der Waals surface area contributed by atoms with E-state index >= 15 is 0 Å². The maximum atomic E-state index is 12.9. The number of hydrogen-bond acceptors (Lipinski definition) is 4. The molecule has 1 aliphatic heterocycles. The predicted octanol–water partition coefficient (Wildman–Crippen LogP) is 8.88. The summed E-state index contributed by atoms with van der Waals surface area (Å²) in [6, 6.07) is 15.8. The lowest BCUT2D eigenvalue weighted by Gasteiger charge is -2.13. The zero-order valence-corrected chi connectivity index (χ0v) is 22.6. The van der Waals surface area contributed by atoms with Gasteiger partial charge in [-0.2, -0.15) is 0 Å². The van der Waals surface area contributed by atoms with E-state index in [1.165, 1.54) is 0 Å². The maximum absolute atomic E-state index is 12.9. The first-order valence-electron chi connectivity index (χ1n) is 9.77. The topological polar surface area (TPSA) is 46.6 Å². The normalized spacial score (nSPS) is 14.9. The summed E-state index contributed by atoms with van der Waals surface area (Å²) in [5, 5.41) is 1.34. The SMILES string of the molecule is O=C1S/C(=C\c2cc(Cl)c(OCc3ccccc3Cl)c(Br)c2)C(=O)N1Cc1ccc(Cl)c(Cl)c1. The van der Waals surface area contributed by atoms with Crippen molar-refractivity contribution in [3.63, 3.8) is 0 Å². The van der Waals surface area contributed by atoms with Gasteiger partial charge in [-0.3, -0.25) is 14.5 Å². The van der Waals surface area contributed by atoms with Crippen LogP contribution >= 0.6 is 74.1 Å². The van der Waals surface area contributed by atoms with Crippen LogP contribution in [0.25, 0.3) is 6.08 Å². The Morgan fingerprint density at radius 2 is 1.68 bits per heavy atom. The summed E-state index contributed by atoms with van der Waals surface area (Å²) in [7, 11) is 0. The summed E-state index contributed by atoms with van der Waals surface area (Å²) in [5.41, 5.74) is 2.16. The zero-order chi connectivity index (χ0) is 24.4. The molecule has 1 saturated heterocycles. The van der Waals surface area contributed by atoms with E-state index in [1.54, 1.807) is 42.5 Å². The Balaban J connectivity index is 1.51. The number of amides is 2. The number of benzene rings is 3. The molecule has 0 aromatic heterocycles. The summed E-state index contributed by atoms with van der Waals surface area (Å²) >= 11 is 28.9. The molecule has 1 heterocycles. The highest BCUT2D eigenvalue weighted by molar-refractivity contribution is 9.10. The van der Waals surface area contributed by atoms with Gasteiger partial charge in [0.25, 0.3) is 11.1 Å². The summed E-state index contributed by atoms with van der Waals surface area (Å²) in [6.45, 7) is 0.336. The minimum absolute atomic E-state index is 0.0954. The van der Waals surface area contributed by atoms with Crippen LogP contribution in [0.2, 0.25) is 20.1 Å². The highest BCUT2D eigenvalue weighted by atomic mass is 79.9. The van der Waals surface area contributed by atoms with Crippen LogP contribution in [0.15, 0.2) is 64.0 Å². The van der Waals surface area contributed by atoms with E-state index in [9.17, 15) is 9.59 Å². The van der Waals surface area contributed by atoms with E-state index in [2.05, 4.69) is 15.9 Å². The van der Waals surface area contributed by atoms with E-state index in [-0.39, 0.29) is 23.3 Å². The van der Waals surface area contributed by atoms with Crippen LogP contribution in [0, 0.1) is 0 Å². The molecule has 0 aliphatic carbocycles. The van der Waals surface area contributed by atoms with Crippen molar-refractivity contribution < 1.29 is 14.3 Å². The average Bonchev–Trinajstić information content (AvgIpc) is 3.04. The Kier molecular flexibility index (Phi) is 8.18. The molecule has 3 aromatic carbocycles. The fourth-order valence-electron chi connectivity index (χ4n) is 3.17. The number of thioether (sulfide) groups is 1. The molecule has 0 N–H and O–H groups in total. The summed E-state index contributed by atoms with van der Waals surface area (Å²) in [6.07, 6.45) is 1.62. The fourth-order valence-corrected chi connectivity index (χ4v) is 5.51. The van der Waals surface area contributed by atoms with E-state index in [1.807, 2.05) is 18.2 Å². The summed E-state index contributed by atoms with van der Waals surface area (Å²) in [4.78, 5) is 26.8. The molecule has 4 rings (SSSR count). The number of halogens is 5. The van der Waals surface area contributed by atoms with Gasteiger partial charge in [0, 0.05) is 10.6 Å². The second-order valence-electron chi connectivity index (χ2n) is 7.21. The van der Waals surface area contributed by atoms with Crippen LogP contribution in [-0.4, -0.2) is 16.0 Å². The molecule has 34 heavy (non-hydrogen) atoms. The number of carbonyl (C=O) groups is 2. The largest absolute Gasteiger partial charge is 0.486 e. The van der Waals surface area contributed by atoms with Gasteiger partial charge in [0.1, 0.15) is 6.61 Å². The third kappa shape index (κ3) is 5.76. The van der Waals surface area contributed by atoms with Crippen molar-refractivity contribution in [1.82, 2.24) is 4.90 Å². The van der Waals surface area contributed by atoms with Crippen LogP contribution < -0.4 is 4.74 Å². The maximum Gasteiger partial charge on any atom is 0.293 e. The predicted molar refractivity (Wildman–Crippen MR) is 143 cm³/mol. The van der Waals surface area contributed by atoms with Gasteiger partial charge in [0.05, 0.1) is 31.0 Å². The molecule has 0 saturated carbocycles. The first-order valence-corrected chi connectivity index (χ1v) is 12.9.